The van der Waals surface area contributed by atoms with E-state index in [-0.39, 0.29) is 5.75 Å². The van der Waals surface area contributed by atoms with Crippen LogP contribution in [0.5, 0.6) is 11.5 Å². The Hall–Kier alpha value is -3.61. The van der Waals surface area contributed by atoms with Crippen LogP contribution in [-0.4, -0.2) is 34.0 Å². The van der Waals surface area contributed by atoms with Gasteiger partial charge in [-0.15, -0.1) is 0 Å². The number of amides is 1. The number of benzene rings is 2. The molecule has 0 bridgehead atoms. The van der Waals surface area contributed by atoms with E-state index in [1.54, 1.807) is 18.2 Å². The summed E-state index contributed by atoms with van der Waals surface area (Å²) in [5.74, 6) is 0.0162. The van der Waals surface area contributed by atoms with E-state index in [4.69, 9.17) is 4.74 Å². The number of carbonyl (C=O) groups is 1. The average Bonchev–Trinajstić information content (AvgIpc) is 3.15. The SMILES string of the molecule is CCOc1cc(C=NNC(=O)c2cc(-c3ccccc3)n[nH]2)ccc1O. The highest BCUT2D eigenvalue weighted by Crippen LogP contribution is 2.26. The monoisotopic (exact) mass is 350 g/mol. The van der Waals surface area contributed by atoms with Crippen LogP contribution in [0.4, 0.5) is 0 Å². The van der Waals surface area contributed by atoms with E-state index in [2.05, 4.69) is 20.7 Å². The molecule has 0 aliphatic heterocycles. The molecule has 1 heterocycles. The number of phenolic OH excluding ortho intramolecular Hbond substituents is 1. The number of ether oxygens (including phenoxy) is 1. The molecule has 7 nitrogen and oxygen atoms in total. The summed E-state index contributed by atoms with van der Waals surface area (Å²) in [6.45, 7) is 2.27. The van der Waals surface area contributed by atoms with Crippen LogP contribution >= 0.6 is 0 Å². The Labute approximate surface area is 150 Å². The van der Waals surface area contributed by atoms with Gasteiger partial charge in [0.2, 0.25) is 0 Å². The molecule has 0 radical (unpaired) electrons. The number of hydrogen-bond donors (Lipinski definition) is 3. The molecule has 0 spiro atoms. The molecule has 0 aliphatic rings. The molecule has 3 N–H and O–H groups in total. The molecule has 0 saturated heterocycles. The van der Waals surface area contributed by atoms with E-state index < -0.39 is 5.91 Å². The fraction of sp³-hybridized carbons (Fsp3) is 0.105. The summed E-state index contributed by atoms with van der Waals surface area (Å²) in [5, 5.41) is 20.4. The number of hydrazone groups is 1. The Balaban J connectivity index is 1.65. The van der Waals surface area contributed by atoms with Gasteiger partial charge in [-0.25, -0.2) is 5.43 Å². The van der Waals surface area contributed by atoms with E-state index in [0.29, 0.717) is 29.3 Å². The lowest BCUT2D eigenvalue weighted by molar-refractivity contribution is 0.0950. The van der Waals surface area contributed by atoms with Crippen molar-refractivity contribution in [1.82, 2.24) is 15.6 Å². The smallest absolute Gasteiger partial charge is 0.289 e. The second-order valence-corrected chi connectivity index (χ2v) is 5.39. The molecule has 0 aliphatic carbocycles. The zero-order valence-electron chi connectivity index (χ0n) is 14.1. The summed E-state index contributed by atoms with van der Waals surface area (Å²) in [6.07, 6.45) is 1.47. The van der Waals surface area contributed by atoms with Gasteiger partial charge in [0, 0.05) is 5.56 Å². The molecule has 26 heavy (non-hydrogen) atoms. The molecule has 7 heteroatoms. The van der Waals surface area contributed by atoms with E-state index in [9.17, 15) is 9.90 Å². The maximum absolute atomic E-state index is 12.1. The molecule has 2 aromatic carbocycles. The molecular weight excluding hydrogens is 332 g/mol. The Morgan fingerprint density at radius 1 is 1.27 bits per heavy atom. The summed E-state index contributed by atoms with van der Waals surface area (Å²) in [4.78, 5) is 12.1. The summed E-state index contributed by atoms with van der Waals surface area (Å²) in [7, 11) is 0. The van der Waals surface area contributed by atoms with Crippen LogP contribution in [0.1, 0.15) is 23.0 Å². The maximum atomic E-state index is 12.1. The van der Waals surface area contributed by atoms with Gasteiger partial charge in [-0.1, -0.05) is 30.3 Å². The number of phenols is 1. The van der Waals surface area contributed by atoms with E-state index in [1.165, 1.54) is 12.3 Å². The standard InChI is InChI=1S/C19H18N4O3/c1-2-26-18-10-13(8-9-17(18)24)12-20-23-19(25)16-11-15(21-22-16)14-6-4-3-5-7-14/h3-12,24H,2H2,1H3,(H,21,22)(H,23,25). The van der Waals surface area contributed by atoms with E-state index >= 15 is 0 Å². The highest BCUT2D eigenvalue weighted by molar-refractivity contribution is 5.94. The van der Waals surface area contributed by atoms with Crippen molar-refractivity contribution >= 4 is 12.1 Å². The van der Waals surface area contributed by atoms with Crippen molar-refractivity contribution in [2.75, 3.05) is 6.61 Å². The van der Waals surface area contributed by atoms with Gasteiger partial charge in [0.1, 0.15) is 5.69 Å². The van der Waals surface area contributed by atoms with Crippen LogP contribution in [0.2, 0.25) is 0 Å². The first-order chi connectivity index (χ1) is 12.7. The lowest BCUT2D eigenvalue weighted by Crippen LogP contribution is -2.18. The second-order valence-electron chi connectivity index (χ2n) is 5.39. The molecule has 3 aromatic rings. The minimum absolute atomic E-state index is 0.0546. The molecule has 1 amide bonds. The third kappa shape index (κ3) is 4.07. The van der Waals surface area contributed by atoms with Gasteiger partial charge in [0.15, 0.2) is 11.5 Å². The van der Waals surface area contributed by atoms with Gasteiger partial charge in [-0.3, -0.25) is 9.89 Å². The number of H-pyrrole nitrogens is 1. The number of aromatic hydroxyl groups is 1. The van der Waals surface area contributed by atoms with Crippen molar-refractivity contribution in [3.05, 3.63) is 65.9 Å². The van der Waals surface area contributed by atoms with Gasteiger partial charge in [0.25, 0.3) is 5.91 Å². The van der Waals surface area contributed by atoms with Crippen molar-refractivity contribution in [1.29, 1.82) is 0 Å². The number of carbonyl (C=O) groups excluding carboxylic acids is 1. The van der Waals surface area contributed by atoms with Crippen LogP contribution in [0.15, 0.2) is 59.7 Å². The van der Waals surface area contributed by atoms with Crippen molar-refractivity contribution in [3.8, 4) is 22.8 Å². The Kier molecular flexibility index (Phi) is 5.28. The number of aromatic amines is 1. The molecule has 0 unspecified atom stereocenters. The molecule has 3 rings (SSSR count). The first kappa shape index (κ1) is 17.2. The summed E-state index contributed by atoms with van der Waals surface area (Å²) in [5.41, 5.74) is 5.02. The van der Waals surface area contributed by atoms with Crippen LogP contribution in [-0.2, 0) is 0 Å². The lowest BCUT2D eigenvalue weighted by atomic mass is 10.1. The van der Waals surface area contributed by atoms with Gasteiger partial charge >= 0.3 is 0 Å². The zero-order chi connectivity index (χ0) is 18.4. The van der Waals surface area contributed by atoms with E-state index in [0.717, 1.165) is 5.56 Å². The summed E-state index contributed by atoms with van der Waals surface area (Å²) >= 11 is 0. The van der Waals surface area contributed by atoms with Gasteiger partial charge in [-0.2, -0.15) is 10.2 Å². The predicted octanol–water partition coefficient (Wildman–Crippen LogP) is 2.94. The fourth-order valence-corrected chi connectivity index (χ4v) is 2.30. The predicted molar refractivity (Wildman–Crippen MR) is 98.4 cm³/mol. The highest BCUT2D eigenvalue weighted by atomic mass is 16.5. The molecule has 0 fully saturated rings. The van der Waals surface area contributed by atoms with Crippen LogP contribution in [0.3, 0.4) is 0 Å². The van der Waals surface area contributed by atoms with Crippen molar-refractivity contribution in [3.63, 3.8) is 0 Å². The molecule has 0 saturated carbocycles. The Bertz CT molecular complexity index is 920. The largest absolute Gasteiger partial charge is 0.504 e. The minimum Gasteiger partial charge on any atom is -0.504 e. The van der Waals surface area contributed by atoms with Crippen LogP contribution in [0.25, 0.3) is 11.3 Å². The molecular formula is C19H18N4O3. The zero-order valence-corrected chi connectivity index (χ0v) is 14.1. The number of rotatable bonds is 6. The number of hydrogen-bond acceptors (Lipinski definition) is 5. The van der Waals surface area contributed by atoms with Gasteiger partial charge < -0.3 is 9.84 Å². The number of nitrogens with one attached hydrogen (secondary N) is 2. The van der Waals surface area contributed by atoms with E-state index in [1.807, 2.05) is 37.3 Å². The topological polar surface area (TPSA) is 99.6 Å². The summed E-state index contributed by atoms with van der Waals surface area (Å²) < 4.78 is 5.31. The second kappa shape index (κ2) is 7.98. The Morgan fingerprint density at radius 3 is 2.85 bits per heavy atom. The Morgan fingerprint density at radius 2 is 2.08 bits per heavy atom. The first-order valence-electron chi connectivity index (χ1n) is 8.07. The molecule has 1 aromatic heterocycles. The third-order valence-corrected chi connectivity index (χ3v) is 3.56. The summed E-state index contributed by atoms with van der Waals surface area (Å²) in [6, 6.07) is 16.0. The lowest BCUT2D eigenvalue weighted by Gasteiger charge is -2.05. The number of nitrogens with zero attached hydrogens (tertiary/aromatic N) is 2. The van der Waals surface area contributed by atoms with Gasteiger partial charge in [0.05, 0.1) is 18.5 Å². The first-order valence-corrected chi connectivity index (χ1v) is 8.07. The minimum atomic E-state index is -0.403. The molecule has 132 valence electrons. The number of aromatic nitrogens is 2. The highest BCUT2D eigenvalue weighted by Gasteiger charge is 2.10. The third-order valence-electron chi connectivity index (χ3n) is 3.56. The van der Waals surface area contributed by atoms with Crippen molar-refractivity contribution in [2.24, 2.45) is 5.10 Å². The molecule has 0 atom stereocenters. The van der Waals surface area contributed by atoms with Crippen molar-refractivity contribution < 1.29 is 14.6 Å². The average molecular weight is 350 g/mol. The van der Waals surface area contributed by atoms with Crippen LogP contribution < -0.4 is 10.2 Å². The van der Waals surface area contributed by atoms with Crippen molar-refractivity contribution in [2.45, 2.75) is 6.92 Å². The maximum Gasteiger partial charge on any atom is 0.289 e. The van der Waals surface area contributed by atoms with Gasteiger partial charge in [-0.05, 0) is 36.8 Å². The normalized spacial score (nSPS) is 10.8. The quantitative estimate of drug-likeness (QED) is 0.470. The fourth-order valence-electron chi connectivity index (χ4n) is 2.30. The van der Waals surface area contributed by atoms with Crippen LogP contribution in [0, 0.1) is 0 Å².